The second-order valence-corrected chi connectivity index (χ2v) is 6.85. The van der Waals surface area contributed by atoms with Gasteiger partial charge in [-0.05, 0) is 75.1 Å². The Kier molecular flexibility index (Phi) is 5.65. The highest BCUT2D eigenvalue weighted by Crippen LogP contribution is 2.41. The topological polar surface area (TPSA) is 12.0 Å². The van der Waals surface area contributed by atoms with Gasteiger partial charge in [-0.1, -0.05) is 44.0 Å². The summed E-state index contributed by atoms with van der Waals surface area (Å²) < 4.78 is 0. The maximum Gasteiger partial charge on any atom is -0.00147 e. The fraction of sp³-hybridized carbons (Fsp3) is 0.684. The molecular weight excluding hydrogens is 242 g/mol. The van der Waals surface area contributed by atoms with E-state index in [0.717, 1.165) is 24.3 Å². The normalized spacial score (nSPS) is 26.7. The van der Waals surface area contributed by atoms with E-state index in [9.17, 15) is 0 Å². The third-order valence-electron chi connectivity index (χ3n) is 4.91. The van der Waals surface area contributed by atoms with Gasteiger partial charge in [0.1, 0.15) is 0 Å². The first-order valence-electron chi connectivity index (χ1n) is 8.39. The van der Waals surface area contributed by atoms with Crippen molar-refractivity contribution in [2.75, 3.05) is 13.1 Å². The second-order valence-electron chi connectivity index (χ2n) is 6.85. The first-order chi connectivity index (χ1) is 9.61. The predicted molar refractivity (Wildman–Crippen MR) is 88.3 cm³/mol. The molecule has 1 fully saturated rings. The minimum atomic E-state index is 0.753. The van der Waals surface area contributed by atoms with Crippen LogP contribution in [0.5, 0.6) is 0 Å². The number of aryl methyl sites for hydroxylation is 2. The van der Waals surface area contributed by atoms with Crippen LogP contribution in [0.15, 0.2) is 18.2 Å². The summed E-state index contributed by atoms with van der Waals surface area (Å²) in [6.45, 7) is 11.5. The third-order valence-corrected chi connectivity index (χ3v) is 4.91. The Morgan fingerprint density at radius 2 is 2.00 bits per heavy atom. The Morgan fingerprint density at radius 1 is 1.20 bits per heavy atom. The van der Waals surface area contributed by atoms with Crippen LogP contribution >= 0.6 is 0 Å². The first kappa shape index (κ1) is 15.6. The summed E-state index contributed by atoms with van der Waals surface area (Å²) in [6.07, 6.45) is 5.38. The molecular formula is C19H31N. The van der Waals surface area contributed by atoms with Gasteiger partial charge in [-0.2, -0.15) is 0 Å². The number of hydrogen-bond acceptors (Lipinski definition) is 1. The van der Waals surface area contributed by atoms with Gasteiger partial charge >= 0.3 is 0 Å². The lowest BCUT2D eigenvalue weighted by Crippen LogP contribution is -2.32. The van der Waals surface area contributed by atoms with Crippen molar-refractivity contribution >= 4 is 0 Å². The van der Waals surface area contributed by atoms with Crippen molar-refractivity contribution in [1.82, 2.24) is 5.32 Å². The molecule has 0 spiro atoms. The molecule has 1 saturated carbocycles. The largest absolute Gasteiger partial charge is 0.316 e. The summed E-state index contributed by atoms with van der Waals surface area (Å²) in [5.41, 5.74) is 4.48. The lowest BCUT2D eigenvalue weighted by Gasteiger charge is -2.36. The van der Waals surface area contributed by atoms with Crippen molar-refractivity contribution in [3.8, 4) is 0 Å². The summed E-state index contributed by atoms with van der Waals surface area (Å²) in [4.78, 5) is 0. The Hall–Kier alpha value is -0.820. The van der Waals surface area contributed by atoms with Crippen LogP contribution in [0.4, 0.5) is 0 Å². The zero-order valence-electron chi connectivity index (χ0n) is 13.7. The summed E-state index contributed by atoms with van der Waals surface area (Å²) in [5, 5.41) is 3.65. The molecule has 0 aliphatic heterocycles. The molecule has 1 nitrogen and oxygen atoms in total. The van der Waals surface area contributed by atoms with Crippen LogP contribution in [-0.2, 0) is 0 Å². The third kappa shape index (κ3) is 3.85. The minimum absolute atomic E-state index is 0.753. The smallest absolute Gasteiger partial charge is 0.00147 e. The molecule has 1 aliphatic carbocycles. The second kappa shape index (κ2) is 7.26. The number of nitrogens with one attached hydrogen (secondary N) is 1. The van der Waals surface area contributed by atoms with Crippen molar-refractivity contribution in [3.05, 3.63) is 34.9 Å². The van der Waals surface area contributed by atoms with Crippen LogP contribution in [0.2, 0.25) is 0 Å². The van der Waals surface area contributed by atoms with Crippen LogP contribution in [0.25, 0.3) is 0 Å². The quantitative estimate of drug-likeness (QED) is 0.758. The molecule has 2 rings (SSSR count). The zero-order valence-corrected chi connectivity index (χ0v) is 13.7. The molecule has 3 atom stereocenters. The molecule has 1 aromatic rings. The molecule has 0 heterocycles. The van der Waals surface area contributed by atoms with Gasteiger partial charge in [-0.3, -0.25) is 0 Å². The maximum atomic E-state index is 3.65. The molecule has 112 valence electrons. The number of hydrogen-bond donors (Lipinski definition) is 1. The van der Waals surface area contributed by atoms with Gasteiger partial charge in [0, 0.05) is 0 Å². The van der Waals surface area contributed by atoms with E-state index in [0.29, 0.717) is 0 Å². The van der Waals surface area contributed by atoms with Crippen molar-refractivity contribution in [1.29, 1.82) is 0 Å². The van der Waals surface area contributed by atoms with Crippen molar-refractivity contribution in [2.24, 2.45) is 11.8 Å². The summed E-state index contributed by atoms with van der Waals surface area (Å²) in [6, 6.07) is 7.03. The molecule has 0 bridgehead atoms. The van der Waals surface area contributed by atoms with E-state index in [-0.39, 0.29) is 0 Å². The fourth-order valence-electron chi connectivity index (χ4n) is 3.77. The maximum absolute atomic E-state index is 3.65. The minimum Gasteiger partial charge on any atom is -0.316 e. The molecule has 3 unspecified atom stereocenters. The molecule has 0 saturated heterocycles. The van der Waals surface area contributed by atoms with E-state index in [2.05, 4.69) is 51.2 Å². The Labute approximate surface area is 125 Å². The Bertz CT molecular complexity index is 424. The van der Waals surface area contributed by atoms with Crippen LogP contribution < -0.4 is 5.32 Å². The highest BCUT2D eigenvalue weighted by molar-refractivity contribution is 5.34. The van der Waals surface area contributed by atoms with Crippen molar-refractivity contribution in [2.45, 2.75) is 59.3 Å². The zero-order chi connectivity index (χ0) is 14.5. The average molecular weight is 273 g/mol. The number of rotatable bonds is 5. The number of benzene rings is 1. The van der Waals surface area contributed by atoms with E-state index >= 15 is 0 Å². The van der Waals surface area contributed by atoms with Crippen LogP contribution in [0.1, 0.15) is 62.1 Å². The lowest BCUT2D eigenvalue weighted by atomic mass is 9.70. The van der Waals surface area contributed by atoms with Crippen LogP contribution in [0.3, 0.4) is 0 Å². The Balaban J connectivity index is 2.14. The molecule has 0 radical (unpaired) electrons. The van der Waals surface area contributed by atoms with Gasteiger partial charge in [0.15, 0.2) is 0 Å². The molecule has 0 aromatic heterocycles. The van der Waals surface area contributed by atoms with Gasteiger partial charge in [0.05, 0.1) is 0 Å². The van der Waals surface area contributed by atoms with Crippen molar-refractivity contribution in [3.63, 3.8) is 0 Å². The van der Waals surface area contributed by atoms with E-state index in [1.165, 1.54) is 43.4 Å². The van der Waals surface area contributed by atoms with Crippen LogP contribution in [0, 0.1) is 25.7 Å². The molecule has 1 heteroatoms. The standard InChI is InChI=1S/C19H31N/c1-5-10-20-13-17-8-6-15(3)12-19(17)18-9-7-14(2)11-16(18)4/h7,9,11,15,17,19-20H,5-6,8,10,12-13H2,1-4H3. The summed E-state index contributed by atoms with van der Waals surface area (Å²) in [7, 11) is 0. The first-order valence-corrected chi connectivity index (χ1v) is 8.39. The van der Waals surface area contributed by atoms with E-state index in [4.69, 9.17) is 0 Å². The molecule has 1 N–H and O–H groups in total. The Morgan fingerprint density at radius 3 is 2.70 bits per heavy atom. The monoisotopic (exact) mass is 273 g/mol. The summed E-state index contributed by atoms with van der Waals surface area (Å²) >= 11 is 0. The van der Waals surface area contributed by atoms with E-state index in [1.807, 2.05) is 0 Å². The molecule has 0 amide bonds. The average Bonchev–Trinajstić information content (AvgIpc) is 2.41. The van der Waals surface area contributed by atoms with E-state index < -0.39 is 0 Å². The van der Waals surface area contributed by atoms with Gasteiger partial charge in [-0.25, -0.2) is 0 Å². The molecule has 1 aliphatic rings. The SMILES string of the molecule is CCCNCC1CCC(C)CC1c1ccc(C)cc1C. The van der Waals surface area contributed by atoms with Crippen LogP contribution in [-0.4, -0.2) is 13.1 Å². The highest BCUT2D eigenvalue weighted by atomic mass is 14.9. The van der Waals surface area contributed by atoms with Gasteiger partial charge < -0.3 is 5.32 Å². The van der Waals surface area contributed by atoms with Gasteiger partial charge in [-0.15, -0.1) is 0 Å². The lowest BCUT2D eigenvalue weighted by molar-refractivity contribution is 0.241. The van der Waals surface area contributed by atoms with Gasteiger partial charge in [0.2, 0.25) is 0 Å². The highest BCUT2D eigenvalue weighted by Gasteiger charge is 2.30. The molecule has 1 aromatic carbocycles. The molecule has 20 heavy (non-hydrogen) atoms. The fourth-order valence-corrected chi connectivity index (χ4v) is 3.77. The summed E-state index contributed by atoms with van der Waals surface area (Å²) in [5.74, 6) is 2.45. The van der Waals surface area contributed by atoms with Crippen molar-refractivity contribution < 1.29 is 0 Å². The van der Waals surface area contributed by atoms with Gasteiger partial charge in [0.25, 0.3) is 0 Å². The predicted octanol–water partition coefficient (Wildman–Crippen LogP) is 4.82. The van der Waals surface area contributed by atoms with E-state index in [1.54, 1.807) is 5.56 Å².